The lowest BCUT2D eigenvalue weighted by Gasteiger charge is -2.29. The number of alkyl halides is 3. The van der Waals surface area contributed by atoms with E-state index >= 15 is 0 Å². The van der Waals surface area contributed by atoms with E-state index in [9.17, 15) is 26.1 Å². The third kappa shape index (κ3) is 2.57. The summed E-state index contributed by atoms with van der Waals surface area (Å²) in [5, 5.41) is 0.356. The van der Waals surface area contributed by atoms with Crippen LogP contribution in [0.5, 0.6) is 0 Å². The van der Waals surface area contributed by atoms with Gasteiger partial charge in [0.2, 0.25) is 0 Å². The van der Waals surface area contributed by atoms with Crippen molar-refractivity contribution in [1.29, 1.82) is 0 Å². The van der Waals surface area contributed by atoms with Crippen LogP contribution in [0.25, 0.3) is 10.9 Å². The molecule has 0 bridgehead atoms. The van der Waals surface area contributed by atoms with Crippen LogP contribution in [0, 0.1) is 0 Å². The fourth-order valence-corrected chi connectivity index (χ4v) is 2.12. The molecule has 0 aliphatic carbocycles. The van der Waals surface area contributed by atoms with E-state index in [2.05, 4.69) is 0 Å². The SMILES string of the molecule is Cn1ccc2cc(C([B-](F)(F)F)C(F)(F)F)ccc21. The molecule has 0 fully saturated rings. The van der Waals surface area contributed by atoms with Gasteiger partial charge in [0.15, 0.2) is 0 Å². The fraction of sp³-hybridized carbons (Fsp3) is 0.273. The largest absolute Gasteiger partial charge is 0.494 e. The Kier molecular flexibility index (Phi) is 3.06. The Morgan fingerprint density at radius 1 is 1.11 bits per heavy atom. The number of benzene rings is 1. The number of aryl methyl sites for hydroxylation is 1. The molecule has 2 aromatic rings. The summed E-state index contributed by atoms with van der Waals surface area (Å²) in [5.41, 5.74) is -0.182. The molecule has 0 saturated heterocycles. The maximum absolute atomic E-state index is 12.6. The highest BCUT2D eigenvalue weighted by molar-refractivity contribution is 6.60. The summed E-state index contributed by atoms with van der Waals surface area (Å²) < 4.78 is 77.4. The van der Waals surface area contributed by atoms with Crippen LogP contribution < -0.4 is 0 Å². The van der Waals surface area contributed by atoms with Crippen molar-refractivity contribution in [1.82, 2.24) is 4.57 Å². The number of halogens is 6. The van der Waals surface area contributed by atoms with Crippen molar-refractivity contribution >= 4 is 17.9 Å². The molecule has 0 saturated carbocycles. The normalized spacial score (nSPS) is 14.9. The van der Waals surface area contributed by atoms with Gasteiger partial charge in [0.05, 0.1) is 0 Å². The zero-order valence-electron chi connectivity index (χ0n) is 9.76. The van der Waals surface area contributed by atoms with E-state index in [1.54, 1.807) is 17.8 Å². The minimum Gasteiger partial charge on any atom is -0.448 e. The van der Waals surface area contributed by atoms with Crippen molar-refractivity contribution in [3.05, 3.63) is 36.0 Å². The maximum Gasteiger partial charge on any atom is 0.494 e. The van der Waals surface area contributed by atoms with Crippen LogP contribution in [-0.4, -0.2) is 17.7 Å². The smallest absolute Gasteiger partial charge is 0.448 e. The van der Waals surface area contributed by atoms with Gasteiger partial charge in [0, 0.05) is 24.6 Å². The second-order valence-electron chi connectivity index (χ2n) is 4.39. The van der Waals surface area contributed by atoms with E-state index in [4.69, 9.17) is 0 Å². The quantitative estimate of drug-likeness (QED) is 0.573. The van der Waals surface area contributed by atoms with Gasteiger partial charge in [-0.05, 0) is 17.5 Å². The second-order valence-corrected chi connectivity index (χ2v) is 4.39. The molecule has 0 aliphatic heterocycles. The molecule has 19 heavy (non-hydrogen) atoms. The van der Waals surface area contributed by atoms with Crippen molar-refractivity contribution in [3.63, 3.8) is 0 Å². The fourth-order valence-electron chi connectivity index (χ4n) is 2.12. The Morgan fingerprint density at radius 2 is 1.74 bits per heavy atom. The van der Waals surface area contributed by atoms with Gasteiger partial charge in [0.1, 0.15) is 0 Å². The zero-order chi connectivity index (χ0) is 14.4. The average molecular weight is 280 g/mol. The highest BCUT2D eigenvalue weighted by atomic mass is 19.4. The molecule has 0 aliphatic rings. The molecule has 0 spiro atoms. The van der Waals surface area contributed by atoms with Crippen LogP contribution in [0.4, 0.5) is 26.1 Å². The van der Waals surface area contributed by atoms with Gasteiger partial charge in [-0.2, -0.15) is 13.2 Å². The van der Waals surface area contributed by atoms with Crippen molar-refractivity contribution < 1.29 is 26.1 Å². The highest BCUT2D eigenvalue weighted by Crippen LogP contribution is 2.44. The Hall–Kier alpha value is -1.60. The van der Waals surface area contributed by atoms with Crippen LogP contribution in [-0.2, 0) is 7.05 Å². The lowest BCUT2D eigenvalue weighted by Crippen LogP contribution is -2.38. The summed E-state index contributed by atoms with van der Waals surface area (Å²) in [4.78, 5) is 0. The molecule has 1 aromatic carbocycles. The van der Waals surface area contributed by atoms with Crippen LogP contribution in [0.2, 0.25) is 0 Å². The number of aromatic nitrogens is 1. The van der Waals surface area contributed by atoms with Gasteiger partial charge < -0.3 is 17.5 Å². The van der Waals surface area contributed by atoms with E-state index in [1.165, 1.54) is 12.1 Å². The van der Waals surface area contributed by atoms with E-state index in [-0.39, 0.29) is 0 Å². The van der Waals surface area contributed by atoms with Gasteiger partial charge in [-0.1, -0.05) is 17.7 Å². The first-order chi connectivity index (χ1) is 8.60. The first-order valence-electron chi connectivity index (χ1n) is 5.42. The maximum atomic E-state index is 12.6. The lowest BCUT2D eigenvalue weighted by molar-refractivity contribution is -0.139. The van der Waals surface area contributed by atoms with Gasteiger partial charge in [-0.25, -0.2) is 0 Å². The topological polar surface area (TPSA) is 4.93 Å². The number of nitrogens with zero attached hydrogens (tertiary/aromatic N) is 1. The van der Waals surface area contributed by atoms with Gasteiger partial charge in [-0.3, -0.25) is 0 Å². The molecule has 0 N–H and O–H groups in total. The molecule has 1 nitrogen and oxygen atoms in total. The minimum absolute atomic E-state index is 0.356. The van der Waals surface area contributed by atoms with Crippen molar-refractivity contribution in [2.75, 3.05) is 0 Å². The standard InChI is InChI=1S/C11H9BF6N/c1-19-5-4-7-6-8(2-3-9(7)19)10(11(13,14)15)12(16,17)18/h2-6,10H,1H3/q-1. The summed E-state index contributed by atoms with van der Waals surface area (Å²) >= 11 is 0. The second kappa shape index (κ2) is 4.21. The van der Waals surface area contributed by atoms with Gasteiger partial charge in [0.25, 0.3) is 0 Å². The van der Waals surface area contributed by atoms with Gasteiger partial charge >= 0.3 is 13.2 Å². The Labute approximate surface area is 104 Å². The molecule has 8 heteroatoms. The van der Waals surface area contributed by atoms with E-state index in [0.717, 1.165) is 12.1 Å². The third-order valence-electron chi connectivity index (χ3n) is 3.00. The van der Waals surface area contributed by atoms with Gasteiger partial charge in [-0.15, -0.1) is 0 Å². The summed E-state index contributed by atoms with van der Waals surface area (Å²) in [5.74, 6) is -3.39. The first-order valence-corrected chi connectivity index (χ1v) is 5.42. The lowest BCUT2D eigenvalue weighted by atomic mass is 9.68. The Morgan fingerprint density at radius 3 is 2.26 bits per heavy atom. The summed E-state index contributed by atoms with van der Waals surface area (Å²) in [6.07, 6.45) is -3.75. The van der Waals surface area contributed by atoms with Crippen LogP contribution in [0.1, 0.15) is 11.4 Å². The van der Waals surface area contributed by atoms with Crippen molar-refractivity contribution in [3.8, 4) is 0 Å². The average Bonchev–Trinajstić information content (AvgIpc) is 2.56. The number of hydrogen-bond donors (Lipinski definition) is 0. The molecule has 1 aromatic heterocycles. The Balaban J connectivity index is 2.57. The predicted octanol–water partition coefficient (Wildman–Crippen LogP) is 4.21. The highest BCUT2D eigenvalue weighted by Gasteiger charge is 2.52. The van der Waals surface area contributed by atoms with Crippen LogP contribution >= 0.6 is 0 Å². The van der Waals surface area contributed by atoms with E-state index in [1.807, 2.05) is 0 Å². The van der Waals surface area contributed by atoms with E-state index < -0.39 is 24.5 Å². The number of rotatable bonds is 2. The minimum atomic E-state index is -6.04. The molecule has 2 rings (SSSR count). The molecule has 0 amide bonds. The van der Waals surface area contributed by atoms with Crippen molar-refractivity contribution in [2.45, 2.75) is 12.0 Å². The molecule has 0 radical (unpaired) electrons. The zero-order valence-corrected chi connectivity index (χ0v) is 9.76. The Bertz CT molecular complexity index is 583. The summed E-state index contributed by atoms with van der Waals surface area (Å²) in [6, 6.07) is 4.58. The summed E-state index contributed by atoms with van der Waals surface area (Å²) in [7, 11) is 1.66. The third-order valence-corrected chi connectivity index (χ3v) is 3.00. The molecule has 1 atom stereocenters. The molecular weight excluding hydrogens is 271 g/mol. The monoisotopic (exact) mass is 280 g/mol. The summed E-state index contributed by atoms with van der Waals surface area (Å²) in [6.45, 7) is -6.04. The molecule has 1 unspecified atom stereocenters. The number of hydrogen-bond acceptors (Lipinski definition) is 0. The molecule has 104 valence electrons. The first kappa shape index (κ1) is 13.8. The molecule has 1 heterocycles. The van der Waals surface area contributed by atoms with Crippen LogP contribution in [0.3, 0.4) is 0 Å². The molecular formula is C11H9BF6N-. The van der Waals surface area contributed by atoms with Crippen LogP contribution in [0.15, 0.2) is 30.5 Å². The predicted molar refractivity (Wildman–Crippen MR) is 60.8 cm³/mol. The van der Waals surface area contributed by atoms with Crippen molar-refractivity contribution in [2.24, 2.45) is 7.05 Å². The number of fused-ring (bicyclic) bond motifs is 1. The van der Waals surface area contributed by atoms with E-state index in [0.29, 0.717) is 10.9 Å².